The number of halogens is 3. The Morgan fingerprint density at radius 2 is 1.81 bits per heavy atom. The second kappa shape index (κ2) is 6.92. The summed E-state index contributed by atoms with van der Waals surface area (Å²) in [6.45, 7) is 0. The maximum atomic E-state index is 13.8. The number of nitrogens with zero attached hydrogens (tertiary/aromatic N) is 2. The topological polar surface area (TPSA) is 43.6 Å². The van der Waals surface area contributed by atoms with Gasteiger partial charge in [-0.3, -0.25) is 4.79 Å². The lowest BCUT2D eigenvalue weighted by Crippen LogP contribution is -2.09. The van der Waals surface area contributed by atoms with Crippen LogP contribution in [-0.2, 0) is 0 Å². The van der Waals surface area contributed by atoms with Crippen molar-refractivity contribution in [2.75, 3.05) is 0 Å². The molecular weight excluding hydrogens is 418 g/mol. The maximum Gasteiger partial charge on any atom is 0.237 e. The highest BCUT2D eigenvalue weighted by Gasteiger charge is 2.13. The molecule has 0 amide bonds. The summed E-state index contributed by atoms with van der Waals surface area (Å²) in [6.07, 6.45) is 1.51. The van der Waals surface area contributed by atoms with Crippen LogP contribution in [0.1, 0.15) is 0 Å². The van der Waals surface area contributed by atoms with Gasteiger partial charge in [0, 0.05) is 34.4 Å². The molecule has 0 aliphatic rings. The van der Waals surface area contributed by atoms with Crippen molar-refractivity contribution in [1.29, 1.82) is 0 Å². The first-order valence-electron chi connectivity index (χ1n) is 7.93. The Morgan fingerprint density at radius 1 is 1.00 bits per heavy atom. The summed E-state index contributed by atoms with van der Waals surface area (Å²) in [5, 5.41) is 4.27. The summed E-state index contributed by atoms with van der Waals surface area (Å²) < 4.78 is 34.5. The third-order valence-electron chi connectivity index (χ3n) is 3.96. The molecule has 0 bridgehead atoms. The van der Waals surface area contributed by atoms with Gasteiger partial charge >= 0.3 is 0 Å². The Morgan fingerprint density at radius 3 is 2.59 bits per heavy atom. The molecule has 7 heteroatoms. The van der Waals surface area contributed by atoms with Crippen LogP contribution in [0.25, 0.3) is 16.6 Å². The zero-order valence-corrected chi connectivity index (χ0v) is 15.3. The lowest BCUT2D eigenvalue weighted by molar-refractivity contribution is 0.416. The van der Waals surface area contributed by atoms with Gasteiger partial charge in [0.15, 0.2) is 17.0 Å². The van der Waals surface area contributed by atoms with Crippen molar-refractivity contribution in [2.45, 2.75) is 0 Å². The molecule has 0 fully saturated rings. The maximum absolute atomic E-state index is 13.8. The van der Waals surface area contributed by atoms with E-state index in [4.69, 9.17) is 4.74 Å². The fourth-order valence-electron chi connectivity index (χ4n) is 2.74. The molecular formula is C20H11BrF2N2O2. The molecule has 27 heavy (non-hydrogen) atoms. The molecule has 2 heterocycles. The van der Waals surface area contributed by atoms with Crippen LogP contribution in [0.4, 0.5) is 8.78 Å². The number of fused-ring (bicyclic) bond motifs is 1. The van der Waals surface area contributed by atoms with Crippen LogP contribution in [0.15, 0.2) is 76.1 Å². The van der Waals surface area contributed by atoms with E-state index in [-0.39, 0.29) is 17.1 Å². The third kappa shape index (κ3) is 3.33. The predicted molar refractivity (Wildman–Crippen MR) is 101 cm³/mol. The van der Waals surface area contributed by atoms with Gasteiger partial charge in [-0.2, -0.15) is 0 Å². The average molecular weight is 429 g/mol. The number of hydrogen-bond acceptors (Lipinski definition) is 3. The van der Waals surface area contributed by atoms with Gasteiger partial charge in [0.25, 0.3) is 0 Å². The molecule has 0 radical (unpaired) electrons. The van der Waals surface area contributed by atoms with Gasteiger partial charge in [0.05, 0.1) is 11.1 Å². The second-order valence-corrected chi connectivity index (χ2v) is 6.57. The summed E-state index contributed by atoms with van der Waals surface area (Å²) in [5.74, 6) is -1.56. The molecule has 0 aliphatic carbocycles. The number of ether oxygens (including phenoxy) is 1. The monoisotopic (exact) mass is 428 g/mol. The van der Waals surface area contributed by atoms with Gasteiger partial charge in [-0.25, -0.2) is 13.3 Å². The van der Waals surface area contributed by atoms with Crippen LogP contribution in [0, 0.1) is 11.6 Å². The van der Waals surface area contributed by atoms with E-state index in [0.717, 1.165) is 22.2 Å². The number of aromatic nitrogens is 2. The van der Waals surface area contributed by atoms with Gasteiger partial charge in [-0.05, 0) is 24.3 Å². The minimum atomic E-state index is -0.828. The number of pyridine rings is 1. The van der Waals surface area contributed by atoms with E-state index in [1.54, 1.807) is 6.07 Å². The summed E-state index contributed by atoms with van der Waals surface area (Å²) in [7, 11) is 0. The number of hydrogen-bond donors (Lipinski definition) is 0. The van der Waals surface area contributed by atoms with Crippen LogP contribution < -0.4 is 10.2 Å². The minimum Gasteiger partial charge on any atom is -0.434 e. The van der Waals surface area contributed by atoms with Gasteiger partial charge in [0.2, 0.25) is 5.88 Å². The van der Waals surface area contributed by atoms with E-state index >= 15 is 0 Å². The summed E-state index contributed by atoms with van der Waals surface area (Å²) in [5.41, 5.74) is 1.64. The quantitative estimate of drug-likeness (QED) is 0.450. The van der Waals surface area contributed by atoms with Crippen molar-refractivity contribution in [3.8, 4) is 22.8 Å². The normalized spacial score (nSPS) is 10.9. The van der Waals surface area contributed by atoms with E-state index in [9.17, 15) is 13.6 Å². The third-order valence-corrected chi connectivity index (χ3v) is 4.65. The molecule has 0 N–H and O–H groups in total. The zero-order valence-electron chi connectivity index (χ0n) is 13.7. The summed E-state index contributed by atoms with van der Waals surface area (Å²) in [4.78, 5) is 12.5. The van der Waals surface area contributed by atoms with E-state index in [1.807, 2.05) is 24.3 Å². The van der Waals surface area contributed by atoms with Crippen molar-refractivity contribution >= 4 is 21.4 Å². The SMILES string of the molecule is O=c1ccn2nc(Oc3ccc(F)cc3F)ccc2c1-c1ccccc1Br. The molecule has 134 valence electrons. The second-order valence-electron chi connectivity index (χ2n) is 5.71. The molecule has 2 aromatic heterocycles. The summed E-state index contributed by atoms with van der Waals surface area (Å²) in [6, 6.07) is 15.0. The Bertz CT molecular complexity index is 1220. The molecule has 2 aromatic carbocycles. The van der Waals surface area contributed by atoms with E-state index in [1.165, 1.54) is 28.9 Å². The van der Waals surface area contributed by atoms with Gasteiger partial charge in [0.1, 0.15) is 5.82 Å². The first-order chi connectivity index (χ1) is 13.0. The number of benzene rings is 2. The zero-order chi connectivity index (χ0) is 19.0. The molecule has 4 aromatic rings. The van der Waals surface area contributed by atoms with Crippen LogP contribution in [0.5, 0.6) is 11.6 Å². The molecule has 0 atom stereocenters. The smallest absolute Gasteiger partial charge is 0.237 e. The van der Waals surface area contributed by atoms with Crippen LogP contribution in [0.2, 0.25) is 0 Å². The van der Waals surface area contributed by atoms with Crippen molar-refractivity contribution in [2.24, 2.45) is 0 Å². The highest BCUT2D eigenvalue weighted by molar-refractivity contribution is 9.10. The Hall–Kier alpha value is -3.06. The molecule has 0 spiro atoms. The average Bonchev–Trinajstić information content (AvgIpc) is 2.65. The number of rotatable bonds is 3. The van der Waals surface area contributed by atoms with Crippen LogP contribution in [0.3, 0.4) is 0 Å². The van der Waals surface area contributed by atoms with Crippen molar-refractivity contribution in [3.05, 3.63) is 93.2 Å². The molecule has 4 rings (SSSR count). The molecule has 0 unspecified atom stereocenters. The van der Waals surface area contributed by atoms with Gasteiger partial charge in [-0.1, -0.05) is 34.1 Å². The van der Waals surface area contributed by atoms with Crippen molar-refractivity contribution in [1.82, 2.24) is 9.61 Å². The van der Waals surface area contributed by atoms with E-state index < -0.39 is 11.6 Å². The highest BCUT2D eigenvalue weighted by atomic mass is 79.9. The Kier molecular flexibility index (Phi) is 4.45. The standard InChI is InChI=1S/C20H11BrF2N2O2/c21-14-4-2-1-3-13(14)20-16-6-8-19(24-25(16)10-9-17(20)26)27-18-7-5-12(22)11-15(18)23/h1-11H. The fraction of sp³-hybridized carbons (Fsp3) is 0. The van der Waals surface area contributed by atoms with Gasteiger partial charge in [-0.15, -0.1) is 5.10 Å². The Balaban J connectivity index is 1.82. The lowest BCUT2D eigenvalue weighted by Gasteiger charge is -2.11. The van der Waals surface area contributed by atoms with Crippen LogP contribution >= 0.6 is 15.9 Å². The van der Waals surface area contributed by atoms with E-state index in [2.05, 4.69) is 21.0 Å². The molecule has 4 nitrogen and oxygen atoms in total. The molecule has 0 saturated heterocycles. The van der Waals surface area contributed by atoms with Crippen LogP contribution in [-0.4, -0.2) is 9.61 Å². The van der Waals surface area contributed by atoms with Crippen molar-refractivity contribution in [3.63, 3.8) is 0 Å². The first-order valence-corrected chi connectivity index (χ1v) is 8.73. The predicted octanol–water partition coefficient (Wildman–Crippen LogP) is 5.19. The summed E-state index contributed by atoms with van der Waals surface area (Å²) >= 11 is 3.46. The minimum absolute atomic E-state index is 0.106. The van der Waals surface area contributed by atoms with Gasteiger partial charge < -0.3 is 4.74 Å². The fourth-order valence-corrected chi connectivity index (χ4v) is 3.22. The Labute approximate surface area is 160 Å². The molecule has 0 saturated carbocycles. The highest BCUT2D eigenvalue weighted by Crippen LogP contribution is 2.29. The molecule has 0 aliphatic heterocycles. The largest absolute Gasteiger partial charge is 0.434 e. The lowest BCUT2D eigenvalue weighted by atomic mass is 10.1. The van der Waals surface area contributed by atoms with E-state index in [0.29, 0.717) is 11.1 Å². The van der Waals surface area contributed by atoms with Crippen molar-refractivity contribution < 1.29 is 13.5 Å². The first kappa shape index (κ1) is 17.4.